The number of methoxy groups -OCH3 is 1. The molecule has 1 saturated heterocycles. The monoisotopic (exact) mass is 559 g/mol. The van der Waals surface area contributed by atoms with E-state index in [4.69, 9.17) is 4.74 Å². The molecule has 0 saturated carbocycles. The molecule has 3 rings (SSSR count). The minimum absolute atomic E-state index is 0. The van der Waals surface area contributed by atoms with Gasteiger partial charge in [-0.1, -0.05) is 55.8 Å². The summed E-state index contributed by atoms with van der Waals surface area (Å²) in [6.07, 6.45) is 3.71. The van der Waals surface area contributed by atoms with Gasteiger partial charge in [0.1, 0.15) is 6.54 Å². The van der Waals surface area contributed by atoms with Gasteiger partial charge in [-0.2, -0.15) is 0 Å². The molecule has 2 N–H and O–H groups in total. The number of para-hydroxylation sites is 1. The molecular formula is C28H38BrN3O4. The minimum atomic E-state index is -0.487. The van der Waals surface area contributed by atoms with Gasteiger partial charge in [0, 0.05) is 12.1 Å². The third-order valence-corrected chi connectivity index (χ3v) is 6.78. The van der Waals surface area contributed by atoms with E-state index < -0.39 is 5.97 Å². The van der Waals surface area contributed by atoms with Crippen LogP contribution in [0.4, 0.5) is 5.69 Å². The lowest BCUT2D eigenvalue weighted by molar-refractivity contribution is -0.940. The molecule has 0 spiro atoms. The molecular weight excluding hydrogens is 522 g/mol. The van der Waals surface area contributed by atoms with Crippen LogP contribution in [-0.4, -0.2) is 55.6 Å². The second-order valence-electron chi connectivity index (χ2n) is 9.57. The summed E-state index contributed by atoms with van der Waals surface area (Å²) >= 11 is 0. The van der Waals surface area contributed by atoms with Crippen molar-refractivity contribution in [2.75, 3.05) is 38.6 Å². The number of esters is 1. The Kier molecular flexibility index (Phi) is 11.6. The number of unbranched alkanes of at least 4 members (excludes halogenated alkanes) is 1. The fourth-order valence-electron chi connectivity index (χ4n) is 4.98. The lowest BCUT2D eigenvalue weighted by Gasteiger charge is -2.43. The molecule has 0 radical (unpaired) electrons. The smallest absolute Gasteiger partial charge is 0.339 e. The fraction of sp³-hybridized carbons (Fsp3) is 0.464. The molecule has 2 atom stereocenters. The molecule has 1 fully saturated rings. The molecule has 8 heteroatoms. The van der Waals surface area contributed by atoms with Gasteiger partial charge in [0.2, 0.25) is 5.91 Å². The summed E-state index contributed by atoms with van der Waals surface area (Å²) < 4.78 is 5.41. The van der Waals surface area contributed by atoms with E-state index in [1.54, 1.807) is 12.1 Å². The van der Waals surface area contributed by atoms with Crippen LogP contribution in [0.25, 0.3) is 0 Å². The number of hydrogen-bond donors (Lipinski definition) is 2. The van der Waals surface area contributed by atoms with Crippen LogP contribution in [0.2, 0.25) is 0 Å². The lowest BCUT2D eigenvalue weighted by Crippen LogP contribution is -3.00. The van der Waals surface area contributed by atoms with E-state index in [9.17, 15) is 14.4 Å². The third kappa shape index (κ3) is 7.90. The Morgan fingerprint density at radius 3 is 2.53 bits per heavy atom. The number of likely N-dealkylation sites (tertiary alicyclic amines) is 1. The van der Waals surface area contributed by atoms with Crippen molar-refractivity contribution in [3.8, 4) is 0 Å². The molecule has 0 bridgehead atoms. The highest BCUT2D eigenvalue weighted by atomic mass is 79.9. The molecule has 1 aliphatic heterocycles. The number of ether oxygens (including phenoxy) is 1. The molecule has 1 heterocycles. The van der Waals surface area contributed by atoms with E-state index >= 15 is 0 Å². The van der Waals surface area contributed by atoms with Gasteiger partial charge in [-0.3, -0.25) is 9.59 Å². The molecule has 2 amide bonds. The van der Waals surface area contributed by atoms with Gasteiger partial charge in [0.05, 0.1) is 37.4 Å². The number of halogens is 1. The highest BCUT2D eigenvalue weighted by Gasteiger charge is 2.40. The van der Waals surface area contributed by atoms with Gasteiger partial charge in [0.15, 0.2) is 6.54 Å². The molecule has 36 heavy (non-hydrogen) atoms. The predicted molar refractivity (Wildman–Crippen MR) is 137 cm³/mol. The Morgan fingerprint density at radius 2 is 1.83 bits per heavy atom. The van der Waals surface area contributed by atoms with Crippen molar-refractivity contribution >= 4 is 23.5 Å². The molecule has 1 aliphatic rings. The SMILES string of the molecule is CCCCNC(=O)C1CCC[N+](CC(=O)Nc2c(C)cccc2C(=O)OC)(Cc2ccccc2)C1.[Br-]. The Balaban J connectivity index is 0.00000456. The summed E-state index contributed by atoms with van der Waals surface area (Å²) in [5.41, 5.74) is 2.75. The number of benzene rings is 2. The third-order valence-electron chi connectivity index (χ3n) is 6.78. The summed E-state index contributed by atoms with van der Waals surface area (Å²) in [6.45, 7) is 6.97. The highest BCUT2D eigenvalue weighted by molar-refractivity contribution is 6.02. The van der Waals surface area contributed by atoms with Crippen molar-refractivity contribution < 1.29 is 40.6 Å². The van der Waals surface area contributed by atoms with E-state index in [0.29, 0.717) is 35.4 Å². The summed E-state index contributed by atoms with van der Waals surface area (Å²) in [5, 5.41) is 6.06. The summed E-state index contributed by atoms with van der Waals surface area (Å²) in [6, 6.07) is 15.4. The van der Waals surface area contributed by atoms with Gasteiger partial charge in [-0.05, 0) is 37.8 Å². The molecule has 7 nitrogen and oxygen atoms in total. The maximum absolute atomic E-state index is 13.4. The van der Waals surface area contributed by atoms with Crippen molar-refractivity contribution in [1.82, 2.24) is 5.32 Å². The number of amides is 2. The molecule has 2 unspecified atom stereocenters. The zero-order valence-corrected chi connectivity index (χ0v) is 23.1. The first-order valence-electron chi connectivity index (χ1n) is 12.5. The van der Waals surface area contributed by atoms with Gasteiger partial charge >= 0.3 is 5.97 Å². The van der Waals surface area contributed by atoms with Crippen LogP contribution in [0.1, 0.15) is 54.1 Å². The van der Waals surface area contributed by atoms with E-state index in [-0.39, 0.29) is 41.3 Å². The Morgan fingerprint density at radius 1 is 1.08 bits per heavy atom. The van der Waals surface area contributed by atoms with Crippen LogP contribution in [0, 0.1) is 12.8 Å². The van der Waals surface area contributed by atoms with Crippen molar-refractivity contribution in [1.29, 1.82) is 0 Å². The molecule has 196 valence electrons. The first kappa shape index (κ1) is 29.5. The quantitative estimate of drug-likeness (QED) is 0.259. The lowest BCUT2D eigenvalue weighted by atomic mass is 9.93. The predicted octanol–water partition coefficient (Wildman–Crippen LogP) is 1.07. The Hall–Kier alpha value is -2.71. The number of anilines is 1. The number of piperidine rings is 1. The number of aryl methyl sites for hydroxylation is 1. The largest absolute Gasteiger partial charge is 1.00 e. The van der Waals surface area contributed by atoms with Crippen molar-refractivity contribution in [2.24, 2.45) is 5.92 Å². The number of carbonyl (C=O) groups is 3. The number of rotatable bonds is 10. The summed E-state index contributed by atoms with van der Waals surface area (Å²) in [5.74, 6) is -0.700. The molecule has 2 aromatic carbocycles. The maximum atomic E-state index is 13.4. The number of hydrogen-bond acceptors (Lipinski definition) is 4. The normalized spacial score (nSPS) is 19.0. The van der Waals surface area contributed by atoms with Crippen LogP contribution in [-0.2, 0) is 20.9 Å². The average molecular weight is 561 g/mol. The highest BCUT2D eigenvalue weighted by Crippen LogP contribution is 2.28. The van der Waals surface area contributed by atoms with E-state index in [1.165, 1.54) is 7.11 Å². The first-order chi connectivity index (χ1) is 16.9. The standard InChI is InChI=1S/C28H37N3O4.BrH/c1-4-5-16-29-27(33)23-14-10-17-31(19-23,18-22-12-7-6-8-13-22)20-25(32)30-26-21(2)11-9-15-24(26)28(34)35-3;/h6-9,11-13,15,23H,4-5,10,14,16-20H2,1-3H3,(H-,29,30,32,33,34);1H. The van der Waals surface area contributed by atoms with Crippen molar-refractivity contribution in [3.05, 3.63) is 65.2 Å². The van der Waals surface area contributed by atoms with Gasteiger partial charge < -0.3 is 36.8 Å². The average Bonchev–Trinajstić information content (AvgIpc) is 2.85. The zero-order valence-electron chi connectivity index (χ0n) is 21.5. The van der Waals surface area contributed by atoms with Crippen molar-refractivity contribution in [2.45, 2.75) is 46.1 Å². The molecule has 2 aromatic rings. The van der Waals surface area contributed by atoms with Gasteiger partial charge in [-0.25, -0.2) is 4.79 Å². The van der Waals surface area contributed by atoms with Crippen LogP contribution in [0.15, 0.2) is 48.5 Å². The summed E-state index contributed by atoms with van der Waals surface area (Å²) in [4.78, 5) is 38.6. The van der Waals surface area contributed by atoms with Crippen LogP contribution >= 0.6 is 0 Å². The van der Waals surface area contributed by atoms with Gasteiger partial charge in [-0.15, -0.1) is 0 Å². The van der Waals surface area contributed by atoms with E-state index in [1.807, 2.05) is 31.2 Å². The van der Waals surface area contributed by atoms with Crippen LogP contribution in [0.5, 0.6) is 0 Å². The number of nitrogens with zero attached hydrogens (tertiary/aromatic N) is 1. The van der Waals surface area contributed by atoms with Crippen LogP contribution in [0.3, 0.4) is 0 Å². The molecule has 0 aliphatic carbocycles. The van der Waals surface area contributed by atoms with Crippen molar-refractivity contribution in [3.63, 3.8) is 0 Å². The number of carbonyl (C=O) groups excluding carboxylic acids is 3. The topological polar surface area (TPSA) is 84.5 Å². The second-order valence-corrected chi connectivity index (χ2v) is 9.57. The first-order valence-corrected chi connectivity index (χ1v) is 12.5. The fourth-order valence-corrected chi connectivity index (χ4v) is 4.98. The number of quaternary nitrogens is 1. The zero-order chi connectivity index (χ0) is 25.3. The Labute approximate surface area is 225 Å². The maximum Gasteiger partial charge on any atom is 0.339 e. The minimum Gasteiger partial charge on any atom is -1.00 e. The molecule has 0 aromatic heterocycles. The number of nitrogens with one attached hydrogen (secondary N) is 2. The second kappa shape index (κ2) is 14.1. The van der Waals surface area contributed by atoms with E-state index in [2.05, 4.69) is 29.7 Å². The van der Waals surface area contributed by atoms with E-state index in [0.717, 1.165) is 43.4 Å². The summed E-state index contributed by atoms with van der Waals surface area (Å²) in [7, 11) is 1.33. The Bertz CT molecular complexity index is 1030. The van der Waals surface area contributed by atoms with Gasteiger partial charge in [0.25, 0.3) is 5.91 Å². The van der Waals surface area contributed by atoms with Crippen LogP contribution < -0.4 is 27.6 Å².